The molecular formula is C29H54N6O14. The molecule has 0 aliphatic carbocycles. The van der Waals surface area contributed by atoms with Gasteiger partial charge in [-0.25, -0.2) is 0 Å². The Balaban J connectivity index is -0.000000255. The third-order valence-electron chi connectivity index (χ3n) is 5.48. The Kier molecular flexibility index (Phi) is 31.1. The summed E-state index contributed by atoms with van der Waals surface area (Å²) < 4.78 is 0. The van der Waals surface area contributed by atoms with Crippen LogP contribution in [0.15, 0.2) is 24.3 Å². The lowest BCUT2D eigenvalue weighted by Crippen LogP contribution is -2.39. The van der Waals surface area contributed by atoms with Crippen molar-refractivity contribution in [1.82, 2.24) is 5.32 Å². The van der Waals surface area contributed by atoms with Crippen LogP contribution in [-0.4, -0.2) is 126 Å². The minimum atomic E-state index is -1.18. The van der Waals surface area contributed by atoms with Gasteiger partial charge in [0.2, 0.25) is 0 Å². The Hall–Kier alpha value is -4.44. The van der Waals surface area contributed by atoms with Gasteiger partial charge in [-0.2, -0.15) is 0 Å². The highest BCUT2D eigenvalue weighted by Gasteiger charge is 2.20. The highest BCUT2D eigenvalue weighted by molar-refractivity contribution is 5.74. The van der Waals surface area contributed by atoms with E-state index < -0.39 is 66.1 Å². The van der Waals surface area contributed by atoms with Crippen molar-refractivity contribution < 1.29 is 69.6 Å². The van der Waals surface area contributed by atoms with Crippen molar-refractivity contribution in [3.63, 3.8) is 0 Å². The molecule has 0 saturated carbocycles. The van der Waals surface area contributed by atoms with E-state index >= 15 is 0 Å². The molecule has 1 aromatic rings. The van der Waals surface area contributed by atoms with Gasteiger partial charge in [-0.1, -0.05) is 26.0 Å². The van der Waals surface area contributed by atoms with Crippen molar-refractivity contribution in [3.05, 3.63) is 29.8 Å². The summed E-state index contributed by atoms with van der Waals surface area (Å²) in [5, 5.41) is 69.0. The average molecular weight is 711 g/mol. The van der Waals surface area contributed by atoms with Crippen LogP contribution in [0.3, 0.4) is 0 Å². The molecule has 1 aromatic carbocycles. The quantitative estimate of drug-likeness (QED) is 0.116. The van der Waals surface area contributed by atoms with Gasteiger partial charge in [-0.05, 0) is 69.7 Å². The highest BCUT2D eigenvalue weighted by atomic mass is 16.4. The van der Waals surface area contributed by atoms with Crippen molar-refractivity contribution >= 4 is 35.8 Å². The van der Waals surface area contributed by atoms with Gasteiger partial charge < -0.3 is 74.8 Å². The lowest BCUT2D eigenvalue weighted by atomic mass is 10.1. The summed E-state index contributed by atoms with van der Waals surface area (Å²) in [4.78, 5) is 59.3. The van der Waals surface area contributed by atoms with Crippen LogP contribution in [0.4, 0.5) is 0 Å². The molecule has 1 aliphatic heterocycles. The summed E-state index contributed by atoms with van der Waals surface area (Å²) in [5.41, 5.74) is 25.7. The van der Waals surface area contributed by atoms with Crippen molar-refractivity contribution in [2.45, 2.75) is 89.7 Å². The van der Waals surface area contributed by atoms with E-state index in [9.17, 15) is 28.8 Å². The maximum Gasteiger partial charge on any atom is 0.323 e. The molecule has 0 amide bonds. The number of rotatable bonds is 11. The number of carboxylic acid groups (broad SMARTS) is 6. The number of nitrogens with one attached hydrogen (secondary N) is 1. The van der Waals surface area contributed by atoms with E-state index in [-0.39, 0.29) is 24.8 Å². The molecule has 1 fully saturated rings. The number of carbonyl (C=O) groups is 6. The number of aliphatic hydroxyl groups is 1. The van der Waals surface area contributed by atoms with E-state index in [1.54, 1.807) is 12.1 Å². The zero-order valence-electron chi connectivity index (χ0n) is 28.0. The molecule has 20 nitrogen and oxygen atoms in total. The Morgan fingerprint density at radius 2 is 1.20 bits per heavy atom. The summed E-state index contributed by atoms with van der Waals surface area (Å²) >= 11 is 0. The van der Waals surface area contributed by atoms with Crippen molar-refractivity contribution in [2.24, 2.45) is 34.6 Å². The molecule has 20 heteroatoms. The van der Waals surface area contributed by atoms with Gasteiger partial charge in [-0.15, -0.1) is 0 Å². The molecule has 1 heterocycles. The highest BCUT2D eigenvalue weighted by Crippen LogP contribution is 2.10. The summed E-state index contributed by atoms with van der Waals surface area (Å²) in [6.45, 7) is 7.23. The van der Waals surface area contributed by atoms with E-state index in [0.717, 1.165) is 24.9 Å². The minimum Gasteiger partial charge on any atom is -0.508 e. The monoisotopic (exact) mass is 710 g/mol. The molecule has 2 rings (SSSR count). The summed E-state index contributed by atoms with van der Waals surface area (Å²) in [6, 6.07) is 2.58. The summed E-state index contributed by atoms with van der Waals surface area (Å²) in [6.07, 6.45) is 1.63. The van der Waals surface area contributed by atoms with Crippen LogP contribution in [0.2, 0.25) is 0 Å². The topological polar surface area (TPSA) is 406 Å². The van der Waals surface area contributed by atoms with Gasteiger partial charge in [0, 0.05) is 0 Å². The Morgan fingerprint density at radius 1 is 0.776 bits per heavy atom. The van der Waals surface area contributed by atoms with Gasteiger partial charge in [-0.3, -0.25) is 28.8 Å². The SMILES string of the molecule is CC(C)CC(N)C(=O)O.CC(N)C(=O)O.CC(O)C(N)C(=O)O.NC(Cc1ccc(O)cc1)C(=O)O.NCC(=O)O.O=C(O)[C@@H]1CCCN1. The largest absolute Gasteiger partial charge is 0.508 e. The molecule has 49 heavy (non-hydrogen) atoms. The molecule has 0 spiro atoms. The van der Waals surface area contributed by atoms with Crippen LogP contribution in [0.25, 0.3) is 0 Å². The molecule has 5 unspecified atom stereocenters. The molecule has 284 valence electrons. The van der Waals surface area contributed by atoms with Crippen molar-refractivity contribution in [3.8, 4) is 5.75 Å². The third kappa shape index (κ3) is 34.7. The number of phenols is 1. The zero-order valence-corrected chi connectivity index (χ0v) is 28.0. The first-order chi connectivity index (χ1) is 22.4. The van der Waals surface area contributed by atoms with Crippen LogP contribution < -0.4 is 34.0 Å². The van der Waals surface area contributed by atoms with Crippen molar-refractivity contribution in [2.75, 3.05) is 13.1 Å². The second-order valence-electron chi connectivity index (χ2n) is 10.7. The van der Waals surface area contributed by atoms with E-state index in [2.05, 4.69) is 11.1 Å². The number of nitrogens with two attached hydrogens (primary N) is 5. The standard InChI is InChI=1S/C9H11NO3.C6H13NO2.C5H9NO2.C4H9NO3.C3H7NO2.C2H5NO2/c10-8(9(12)13)5-6-1-3-7(11)4-2-6;1-4(2)3-5(7)6(8)9;7-5(8)4-2-1-3-6-4;1-2(6)3(5)4(7)8;1-2(4)3(5)6;3-1-2(4)5/h1-4,8,11H,5,10H2,(H,12,13);4-5H,3,7H2,1-2H3,(H,8,9);4,6H,1-3H2,(H,7,8);2-3,6H,5H2,1H3,(H,7,8);2H,4H2,1H3,(H,5,6);1,3H2,(H,4,5)/t;;4-;;;/m..0.../s1. The number of hydrogen-bond acceptors (Lipinski definition) is 14. The van der Waals surface area contributed by atoms with Crippen LogP contribution in [0, 0.1) is 5.92 Å². The molecule has 19 N–H and O–H groups in total. The van der Waals surface area contributed by atoms with Crippen LogP contribution >= 0.6 is 0 Å². The van der Waals surface area contributed by atoms with Gasteiger partial charge in [0.05, 0.1) is 12.6 Å². The first-order valence-corrected chi connectivity index (χ1v) is 14.7. The van der Waals surface area contributed by atoms with Crippen LogP contribution in [0.5, 0.6) is 5.75 Å². The van der Waals surface area contributed by atoms with Crippen LogP contribution in [0.1, 0.15) is 52.5 Å². The number of aromatic hydroxyl groups is 1. The Bertz CT molecular complexity index is 1090. The van der Waals surface area contributed by atoms with E-state index in [4.69, 9.17) is 63.8 Å². The van der Waals surface area contributed by atoms with Crippen LogP contribution in [-0.2, 0) is 35.2 Å². The normalized spacial score (nSPS) is 15.7. The predicted molar refractivity (Wildman–Crippen MR) is 176 cm³/mol. The van der Waals surface area contributed by atoms with Crippen molar-refractivity contribution in [1.29, 1.82) is 0 Å². The number of carboxylic acids is 6. The Morgan fingerprint density at radius 3 is 1.39 bits per heavy atom. The second-order valence-corrected chi connectivity index (χ2v) is 10.7. The smallest absolute Gasteiger partial charge is 0.323 e. The Labute approximate surface area is 283 Å². The number of aliphatic hydroxyl groups excluding tert-OH is 1. The van der Waals surface area contributed by atoms with E-state index in [1.165, 1.54) is 26.0 Å². The maximum absolute atomic E-state index is 10.4. The summed E-state index contributed by atoms with van der Waals surface area (Å²) in [5.74, 6) is -5.25. The number of benzene rings is 1. The number of phenolic OH excluding ortho intramolecular Hbond substituents is 1. The zero-order chi connectivity index (χ0) is 39.4. The fraction of sp³-hybridized carbons (Fsp3) is 0.586. The molecule has 1 saturated heterocycles. The summed E-state index contributed by atoms with van der Waals surface area (Å²) in [7, 11) is 0. The first kappa shape index (κ1) is 51.4. The molecule has 6 atom stereocenters. The molecule has 0 radical (unpaired) electrons. The second kappa shape index (κ2) is 29.7. The molecule has 0 bridgehead atoms. The minimum absolute atomic E-state index is 0.160. The molecule has 0 aromatic heterocycles. The van der Waals surface area contributed by atoms with Gasteiger partial charge in [0.15, 0.2) is 0 Å². The third-order valence-corrected chi connectivity index (χ3v) is 5.48. The van der Waals surface area contributed by atoms with Gasteiger partial charge >= 0.3 is 35.8 Å². The van der Waals surface area contributed by atoms with Gasteiger partial charge in [0.25, 0.3) is 0 Å². The molecular weight excluding hydrogens is 656 g/mol. The average Bonchev–Trinajstić information content (AvgIpc) is 3.55. The van der Waals surface area contributed by atoms with E-state index in [0.29, 0.717) is 12.3 Å². The fourth-order valence-electron chi connectivity index (χ4n) is 2.68. The number of hydrogen-bond donors (Lipinski definition) is 14. The lowest BCUT2D eigenvalue weighted by Gasteiger charge is -2.07. The fourth-order valence-corrected chi connectivity index (χ4v) is 2.68. The predicted octanol–water partition coefficient (Wildman–Crippen LogP) is -2.16. The maximum atomic E-state index is 10.4. The van der Waals surface area contributed by atoms with Gasteiger partial charge in [0.1, 0.15) is 36.0 Å². The lowest BCUT2D eigenvalue weighted by molar-refractivity contribution is -0.141. The van der Waals surface area contributed by atoms with E-state index in [1.807, 2.05) is 13.8 Å². The number of aliphatic carboxylic acids is 6. The molecule has 1 aliphatic rings. The first-order valence-electron chi connectivity index (χ1n) is 14.7.